The van der Waals surface area contributed by atoms with Gasteiger partial charge in [-0.1, -0.05) is 6.07 Å². The van der Waals surface area contributed by atoms with E-state index in [4.69, 9.17) is 4.74 Å². The molecule has 0 radical (unpaired) electrons. The minimum absolute atomic E-state index is 0.108. The minimum Gasteiger partial charge on any atom is -0.373 e. The molecule has 1 aromatic rings. The van der Waals surface area contributed by atoms with Gasteiger partial charge in [0.25, 0.3) is 0 Å². The third-order valence-electron chi connectivity index (χ3n) is 2.77. The summed E-state index contributed by atoms with van der Waals surface area (Å²) >= 11 is 0. The van der Waals surface area contributed by atoms with E-state index in [9.17, 15) is 13.6 Å². The van der Waals surface area contributed by atoms with Gasteiger partial charge in [0.15, 0.2) is 5.78 Å². The molecule has 0 N–H and O–H groups in total. The predicted octanol–water partition coefficient (Wildman–Crippen LogP) is 2.57. The van der Waals surface area contributed by atoms with E-state index in [0.717, 1.165) is 25.0 Å². The van der Waals surface area contributed by atoms with Crippen molar-refractivity contribution >= 4 is 5.78 Å². The molecule has 2 rings (SSSR count). The maximum absolute atomic E-state index is 13.4. The normalized spacial score (nSPS) is 17.2. The molecule has 1 aromatic carbocycles. The van der Waals surface area contributed by atoms with E-state index < -0.39 is 29.1 Å². The first kappa shape index (κ1) is 11.2. The predicted molar refractivity (Wildman–Crippen MR) is 54.2 cm³/mol. The molecular formula is C12H12F2O2. The molecule has 1 aliphatic rings. The Kier molecular flexibility index (Phi) is 3.01. The first-order chi connectivity index (χ1) is 7.65. The number of rotatable bonds is 4. The highest BCUT2D eigenvalue weighted by atomic mass is 19.1. The molecule has 1 aliphatic carbocycles. The van der Waals surface area contributed by atoms with Crippen molar-refractivity contribution < 1.29 is 18.3 Å². The smallest absolute Gasteiger partial charge is 0.197 e. The highest BCUT2D eigenvalue weighted by molar-refractivity contribution is 6.00. The van der Waals surface area contributed by atoms with Gasteiger partial charge in [-0.3, -0.25) is 4.79 Å². The van der Waals surface area contributed by atoms with Crippen molar-refractivity contribution in [1.82, 2.24) is 0 Å². The molecule has 1 atom stereocenters. The van der Waals surface area contributed by atoms with Gasteiger partial charge in [0.05, 0.1) is 5.56 Å². The van der Waals surface area contributed by atoms with Crippen LogP contribution in [0.2, 0.25) is 0 Å². The Morgan fingerprint density at radius 1 is 1.38 bits per heavy atom. The summed E-state index contributed by atoms with van der Waals surface area (Å²) in [5, 5.41) is 0. The molecule has 1 fully saturated rings. The molecule has 0 aromatic heterocycles. The van der Waals surface area contributed by atoms with Crippen LogP contribution in [-0.4, -0.2) is 19.0 Å². The van der Waals surface area contributed by atoms with Crippen molar-refractivity contribution in [3.05, 3.63) is 35.4 Å². The summed E-state index contributed by atoms with van der Waals surface area (Å²) in [6.07, 6.45) is 1.03. The van der Waals surface area contributed by atoms with E-state index >= 15 is 0 Å². The van der Waals surface area contributed by atoms with E-state index in [-0.39, 0.29) is 5.92 Å². The summed E-state index contributed by atoms with van der Waals surface area (Å²) in [6, 6.07) is 3.40. The zero-order chi connectivity index (χ0) is 11.7. The molecule has 16 heavy (non-hydrogen) atoms. The molecule has 0 heterocycles. The topological polar surface area (TPSA) is 26.3 Å². The Labute approximate surface area is 92.2 Å². The minimum atomic E-state index is -0.826. The molecule has 1 saturated carbocycles. The molecule has 0 aliphatic heterocycles. The Balaban J connectivity index is 2.32. The second-order valence-corrected chi connectivity index (χ2v) is 3.95. The lowest BCUT2D eigenvalue weighted by Crippen LogP contribution is -2.27. The molecule has 0 bridgehead atoms. The van der Waals surface area contributed by atoms with Crippen molar-refractivity contribution in [2.45, 2.75) is 18.9 Å². The van der Waals surface area contributed by atoms with Gasteiger partial charge in [0.1, 0.15) is 17.7 Å². The number of ether oxygens (including phenoxy) is 1. The number of halogens is 2. The Bertz CT molecular complexity index is 393. The zero-order valence-corrected chi connectivity index (χ0v) is 8.87. The summed E-state index contributed by atoms with van der Waals surface area (Å²) in [5.41, 5.74) is -0.485. The van der Waals surface area contributed by atoms with Crippen LogP contribution in [0.15, 0.2) is 18.2 Å². The van der Waals surface area contributed by atoms with Crippen molar-refractivity contribution in [3.8, 4) is 0 Å². The number of carbonyl (C=O) groups excluding carboxylic acids is 1. The fourth-order valence-electron chi connectivity index (χ4n) is 1.79. The summed E-state index contributed by atoms with van der Waals surface area (Å²) in [4.78, 5) is 11.9. The van der Waals surface area contributed by atoms with Crippen LogP contribution in [-0.2, 0) is 4.74 Å². The van der Waals surface area contributed by atoms with Crippen LogP contribution in [0, 0.1) is 17.6 Å². The average Bonchev–Trinajstić information content (AvgIpc) is 3.03. The zero-order valence-electron chi connectivity index (χ0n) is 8.87. The van der Waals surface area contributed by atoms with Crippen LogP contribution in [0.3, 0.4) is 0 Å². The quantitative estimate of drug-likeness (QED) is 0.737. The first-order valence-corrected chi connectivity index (χ1v) is 5.16. The van der Waals surface area contributed by atoms with Gasteiger partial charge < -0.3 is 4.74 Å². The van der Waals surface area contributed by atoms with Gasteiger partial charge in [0, 0.05) is 7.11 Å². The SMILES string of the molecule is COC(C(=O)c1c(F)cccc1F)C1CC1. The molecular weight excluding hydrogens is 214 g/mol. The molecule has 1 unspecified atom stereocenters. The number of methoxy groups -OCH3 is 1. The molecule has 4 heteroatoms. The van der Waals surface area contributed by atoms with E-state index in [1.54, 1.807) is 0 Å². The van der Waals surface area contributed by atoms with Gasteiger partial charge >= 0.3 is 0 Å². The maximum atomic E-state index is 13.4. The molecule has 86 valence electrons. The Morgan fingerprint density at radius 2 is 1.94 bits per heavy atom. The standard InChI is InChI=1S/C12H12F2O2/c1-16-12(7-5-6-7)11(15)10-8(13)3-2-4-9(10)14/h2-4,7,12H,5-6H2,1H3. The molecule has 0 spiro atoms. The summed E-state index contributed by atoms with van der Waals surface area (Å²) in [5.74, 6) is -2.14. The lowest BCUT2D eigenvalue weighted by atomic mass is 10.0. The second kappa shape index (κ2) is 4.29. The average molecular weight is 226 g/mol. The number of benzene rings is 1. The molecule has 2 nitrogen and oxygen atoms in total. The molecule has 0 saturated heterocycles. The second-order valence-electron chi connectivity index (χ2n) is 3.95. The number of hydrogen-bond donors (Lipinski definition) is 0. The largest absolute Gasteiger partial charge is 0.373 e. The highest BCUT2D eigenvalue weighted by Gasteiger charge is 2.38. The van der Waals surface area contributed by atoms with Crippen molar-refractivity contribution in [2.75, 3.05) is 7.11 Å². The first-order valence-electron chi connectivity index (χ1n) is 5.16. The van der Waals surface area contributed by atoms with Crippen LogP contribution in [0.4, 0.5) is 8.78 Å². The lowest BCUT2D eigenvalue weighted by molar-refractivity contribution is 0.0531. The Morgan fingerprint density at radius 3 is 2.38 bits per heavy atom. The number of hydrogen-bond acceptors (Lipinski definition) is 2. The fraction of sp³-hybridized carbons (Fsp3) is 0.417. The van der Waals surface area contributed by atoms with Crippen LogP contribution in [0.25, 0.3) is 0 Å². The van der Waals surface area contributed by atoms with Crippen LogP contribution < -0.4 is 0 Å². The summed E-state index contributed by atoms with van der Waals surface area (Å²) < 4.78 is 31.7. The van der Waals surface area contributed by atoms with Crippen molar-refractivity contribution in [1.29, 1.82) is 0 Å². The van der Waals surface area contributed by atoms with Crippen LogP contribution in [0.1, 0.15) is 23.2 Å². The molecule has 0 amide bonds. The maximum Gasteiger partial charge on any atom is 0.197 e. The van der Waals surface area contributed by atoms with E-state index in [0.29, 0.717) is 0 Å². The van der Waals surface area contributed by atoms with Gasteiger partial charge in [-0.25, -0.2) is 8.78 Å². The van der Waals surface area contributed by atoms with Crippen molar-refractivity contribution in [3.63, 3.8) is 0 Å². The Hall–Kier alpha value is -1.29. The third kappa shape index (κ3) is 1.97. The van der Waals surface area contributed by atoms with E-state index in [1.165, 1.54) is 13.2 Å². The van der Waals surface area contributed by atoms with Crippen molar-refractivity contribution in [2.24, 2.45) is 5.92 Å². The van der Waals surface area contributed by atoms with E-state index in [1.807, 2.05) is 0 Å². The monoisotopic (exact) mass is 226 g/mol. The van der Waals surface area contributed by atoms with Gasteiger partial charge in [-0.05, 0) is 30.9 Å². The fourth-order valence-corrected chi connectivity index (χ4v) is 1.79. The van der Waals surface area contributed by atoms with Crippen LogP contribution >= 0.6 is 0 Å². The highest BCUT2D eigenvalue weighted by Crippen LogP contribution is 2.36. The van der Waals surface area contributed by atoms with Gasteiger partial charge in [-0.15, -0.1) is 0 Å². The summed E-state index contributed by atoms with van der Waals surface area (Å²) in [7, 11) is 1.39. The number of ketones is 1. The van der Waals surface area contributed by atoms with Crippen LogP contribution in [0.5, 0.6) is 0 Å². The summed E-state index contributed by atoms with van der Waals surface area (Å²) in [6.45, 7) is 0. The third-order valence-corrected chi connectivity index (χ3v) is 2.77. The van der Waals surface area contributed by atoms with E-state index in [2.05, 4.69) is 0 Å². The lowest BCUT2D eigenvalue weighted by Gasteiger charge is -2.13. The number of Topliss-reactive ketones (excluding diaryl/α,β-unsaturated/α-hetero) is 1. The van der Waals surface area contributed by atoms with Gasteiger partial charge in [0.2, 0.25) is 0 Å². The van der Waals surface area contributed by atoms with Gasteiger partial charge in [-0.2, -0.15) is 0 Å². The number of carbonyl (C=O) groups is 1.